The Morgan fingerprint density at radius 3 is 2.68 bits per heavy atom. The van der Waals surface area contributed by atoms with Gasteiger partial charge in [-0.25, -0.2) is 9.37 Å². The highest BCUT2D eigenvalue weighted by Crippen LogP contribution is 2.32. The van der Waals surface area contributed by atoms with Gasteiger partial charge in [0.15, 0.2) is 17.6 Å². The van der Waals surface area contributed by atoms with Crippen LogP contribution in [-0.2, 0) is 0 Å². The topological polar surface area (TPSA) is 51.7 Å². The molecule has 0 fully saturated rings. The number of benzene rings is 2. The Hall–Kier alpha value is -2.93. The summed E-state index contributed by atoms with van der Waals surface area (Å²) in [7, 11) is 1.74. The van der Waals surface area contributed by atoms with Gasteiger partial charge in [-0.05, 0) is 43.3 Å². The zero-order valence-corrected chi connectivity index (χ0v) is 16.3. The Morgan fingerprint density at radius 1 is 1.21 bits per heavy atom. The molecular formula is C21H19FN2O3S. The second-order valence-electron chi connectivity index (χ2n) is 6.62. The monoisotopic (exact) mass is 398 g/mol. The van der Waals surface area contributed by atoms with E-state index in [-0.39, 0.29) is 17.8 Å². The molecule has 0 radical (unpaired) electrons. The van der Waals surface area contributed by atoms with E-state index < -0.39 is 0 Å². The van der Waals surface area contributed by atoms with Gasteiger partial charge >= 0.3 is 0 Å². The van der Waals surface area contributed by atoms with Gasteiger partial charge in [0.25, 0.3) is 5.91 Å². The Kier molecular flexibility index (Phi) is 5.00. The fraction of sp³-hybridized carbons (Fsp3) is 0.238. The van der Waals surface area contributed by atoms with E-state index >= 15 is 0 Å². The van der Waals surface area contributed by atoms with E-state index in [9.17, 15) is 9.18 Å². The van der Waals surface area contributed by atoms with E-state index in [4.69, 9.17) is 9.47 Å². The molecule has 4 rings (SSSR count). The first-order chi connectivity index (χ1) is 13.5. The highest BCUT2D eigenvalue weighted by Gasteiger charge is 2.26. The van der Waals surface area contributed by atoms with Crippen LogP contribution >= 0.6 is 11.3 Å². The first-order valence-corrected chi connectivity index (χ1v) is 9.70. The number of nitrogens with zero attached hydrogens (tertiary/aromatic N) is 2. The molecule has 1 atom stereocenters. The zero-order chi connectivity index (χ0) is 19.7. The summed E-state index contributed by atoms with van der Waals surface area (Å²) >= 11 is 1.31. The van der Waals surface area contributed by atoms with Crippen molar-refractivity contribution in [2.45, 2.75) is 13.0 Å². The molecular weight excluding hydrogens is 379 g/mol. The van der Waals surface area contributed by atoms with Gasteiger partial charge in [-0.1, -0.05) is 12.1 Å². The predicted octanol–water partition coefficient (Wildman–Crippen LogP) is 4.17. The Balaban J connectivity index is 1.46. The summed E-state index contributed by atoms with van der Waals surface area (Å²) in [6.45, 7) is 2.59. The third-order valence-electron chi connectivity index (χ3n) is 4.47. The number of fused-ring (bicyclic) bond motifs is 1. The third kappa shape index (κ3) is 3.71. The smallest absolute Gasteiger partial charge is 0.265 e. The molecule has 1 aliphatic heterocycles. The summed E-state index contributed by atoms with van der Waals surface area (Å²) in [4.78, 5) is 19.6. The number of para-hydroxylation sites is 2. The van der Waals surface area contributed by atoms with Crippen molar-refractivity contribution < 1.29 is 18.7 Å². The van der Waals surface area contributed by atoms with Crippen LogP contribution in [0.5, 0.6) is 11.5 Å². The number of carbonyl (C=O) groups is 1. The SMILES string of the molecule is Cc1nc(-c2ccc(F)cc2)sc1C(=O)N(C)CC1COc2ccccc2O1. The molecule has 0 saturated heterocycles. The molecule has 5 nitrogen and oxygen atoms in total. The summed E-state index contributed by atoms with van der Waals surface area (Å²) in [5.74, 6) is 0.984. The van der Waals surface area contributed by atoms with Crippen molar-refractivity contribution in [1.29, 1.82) is 0 Å². The van der Waals surface area contributed by atoms with E-state index in [1.54, 1.807) is 31.0 Å². The van der Waals surface area contributed by atoms with Crippen LogP contribution in [-0.4, -0.2) is 42.1 Å². The first kappa shape index (κ1) is 18.4. The minimum Gasteiger partial charge on any atom is -0.486 e. The van der Waals surface area contributed by atoms with Gasteiger partial charge in [-0.3, -0.25) is 4.79 Å². The molecule has 144 valence electrons. The molecule has 1 unspecified atom stereocenters. The molecule has 0 aliphatic carbocycles. The highest BCUT2D eigenvalue weighted by atomic mass is 32.1. The van der Waals surface area contributed by atoms with Crippen molar-refractivity contribution in [2.75, 3.05) is 20.2 Å². The van der Waals surface area contributed by atoms with Crippen LogP contribution in [0.4, 0.5) is 4.39 Å². The van der Waals surface area contributed by atoms with E-state index in [0.717, 1.165) is 11.3 Å². The molecule has 0 saturated carbocycles. The van der Waals surface area contributed by atoms with Crippen LogP contribution in [0.3, 0.4) is 0 Å². The summed E-state index contributed by atoms with van der Waals surface area (Å²) in [5.41, 5.74) is 1.45. The molecule has 3 aromatic rings. The normalized spacial score (nSPS) is 15.3. The van der Waals surface area contributed by atoms with Crippen LogP contribution in [0.1, 0.15) is 15.4 Å². The number of aromatic nitrogens is 1. The predicted molar refractivity (Wildman–Crippen MR) is 106 cm³/mol. The molecule has 1 aliphatic rings. The average molecular weight is 398 g/mol. The molecule has 2 aromatic carbocycles. The Morgan fingerprint density at radius 2 is 1.93 bits per heavy atom. The van der Waals surface area contributed by atoms with Gasteiger partial charge in [0, 0.05) is 12.6 Å². The number of hydrogen-bond donors (Lipinski definition) is 0. The fourth-order valence-electron chi connectivity index (χ4n) is 3.03. The zero-order valence-electron chi connectivity index (χ0n) is 15.5. The molecule has 0 bridgehead atoms. The maximum absolute atomic E-state index is 13.1. The van der Waals surface area contributed by atoms with Crippen molar-refractivity contribution in [3.63, 3.8) is 0 Å². The van der Waals surface area contributed by atoms with E-state index in [1.807, 2.05) is 24.3 Å². The van der Waals surface area contributed by atoms with E-state index in [2.05, 4.69) is 4.98 Å². The number of hydrogen-bond acceptors (Lipinski definition) is 5. The Bertz CT molecular complexity index is 1000. The van der Waals surface area contributed by atoms with E-state index in [0.29, 0.717) is 34.5 Å². The van der Waals surface area contributed by atoms with Crippen LogP contribution in [0.2, 0.25) is 0 Å². The lowest BCUT2D eigenvalue weighted by Gasteiger charge is -2.29. The van der Waals surface area contributed by atoms with Crippen molar-refractivity contribution in [3.05, 3.63) is 64.9 Å². The van der Waals surface area contributed by atoms with Gasteiger partial charge < -0.3 is 14.4 Å². The van der Waals surface area contributed by atoms with Gasteiger partial charge in [-0.15, -0.1) is 11.3 Å². The van der Waals surface area contributed by atoms with Crippen LogP contribution < -0.4 is 9.47 Å². The fourth-order valence-corrected chi connectivity index (χ4v) is 4.09. The van der Waals surface area contributed by atoms with Gasteiger partial charge in [0.1, 0.15) is 22.3 Å². The number of carbonyl (C=O) groups excluding carboxylic acids is 1. The van der Waals surface area contributed by atoms with E-state index in [1.165, 1.54) is 23.5 Å². The summed E-state index contributed by atoms with van der Waals surface area (Å²) in [5, 5.41) is 0.695. The molecule has 28 heavy (non-hydrogen) atoms. The van der Waals surface area contributed by atoms with Gasteiger partial charge in [0.2, 0.25) is 0 Å². The highest BCUT2D eigenvalue weighted by molar-refractivity contribution is 7.17. The second kappa shape index (κ2) is 7.59. The number of thiazole rings is 1. The lowest BCUT2D eigenvalue weighted by atomic mass is 10.2. The summed E-state index contributed by atoms with van der Waals surface area (Å²) < 4.78 is 24.8. The second-order valence-corrected chi connectivity index (χ2v) is 7.62. The van der Waals surface area contributed by atoms with Crippen LogP contribution in [0.25, 0.3) is 10.6 Å². The average Bonchev–Trinajstić information content (AvgIpc) is 3.09. The number of aryl methyl sites for hydroxylation is 1. The maximum atomic E-state index is 13.1. The number of amides is 1. The molecule has 0 N–H and O–H groups in total. The van der Waals surface area contributed by atoms with Crippen LogP contribution in [0.15, 0.2) is 48.5 Å². The molecule has 7 heteroatoms. The molecule has 0 spiro atoms. The number of likely N-dealkylation sites (N-methyl/N-ethyl adjacent to an activating group) is 1. The third-order valence-corrected chi connectivity index (χ3v) is 5.67. The Labute approximate surface area is 166 Å². The van der Waals surface area contributed by atoms with Crippen LogP contribution in [0, 0.1) is 12.7 Å². The maximum Gasteiger partial charge on any atom is 0.265 e. The summed E-state index contributed by atoms with van der Waals surface area (Å²) in [6.07, 6.45) is -0.242. The standard InChI is InChI=1S/C21H19FN2O3S/c1-13-19(28-20(23-13)14-7-9-15(22)10-8-14)21(25)24(2)11-16-12-26-17-5-3-4-6-18(17)27-16/h3-10,16H,11-12H2,1-2H3. The number of ether oxygens (including phenoxy) is 2. The molecule has 2 heterocycles. The van der Waals surface area contributed by atoms with Crippen molar-refractivity contribution in [2.24, 2.45) is 0 Å². The van der Waals surface area contributed by atoms with Crippen molar-refractivity contribution in [3.8, 4) is 22.1 Å². The lowest BCUT2D eigenvalue weighted by Crippen LogP contribution is -2.41. The largest absolute Gasteiger partial charge is 0.486 e. The van der Waals surface area contributed by atoms with Crippen molar-refractivity contribution >= 4 is 17.2 Å². The quantitative estimate of drug-likeness (QED) is 0.662. The van der Waals surface area contributed by atoms with Crippen molar-refractivity contribution in [1.82, 2.24) is 9.88 Å². The number of rotatable bonds is 4. The lowest BCUT2D eigenvalue weighted by molar-refractivity contribution is 0.0523. The van der Waals surface area contributed by atoms with Gasteiger partial charge in [0.05, 0.1) is 12.2 Å². The first-order valence-electron chi connectivity index (χ1n) is 8.88. The van der Waals surface area contributed by atoms with Gasteiger partial charge in [-0.2, -0.15) is 0 Å². The number of halogens is 1. The molecule has 1 aromatic heterocycles. The molecule has 1 amide bonds. The minimum atomic E-state index is -0.302. The minimum absolute atomic E-state index is 0.120. The summed E-state index contributed by atoms with van der Waals surface area (Å²) in [6, 6.07) is 13.6.